The van der Waals surface area contributed by atoms with Crippen molar-refractivity contribution >= 4 is 29.3 Å². The predicted molar refractivity (Wildman–Crippen MR) is 132 cm³/mol. The third-order valence-corrected chi connectivity index (χ3v) is 5.80. The van der Waals surface area contributed by atoms with Crippen LogP contribution in [0.2, 0.25) is 0 Å². The zero-order valence-corrected chi connectivity index (χ0v) is 20.1. The van der Waals surface area contributed by atoms with Gasteiger partial charge < -0.3 is 9.47 Å². The first-order chi connectivity index (χ1) is 17.3. The average Bonchev–Trinajstić information content (AvgIpc) is 3.19. The molecular formula is C27H25N3O6. The second-order valence-corrected chi connectivity index (χ2v) is 8.18. The van der Waals surface area contributed by atoms with Crippen LogP contribution in [-0.4, -0.2) is 48.9 Å². The van der Waals surface area contributed by atoms with E-state index in [0.29, 0.717) is 17.2 Å². The van der Waals surface area contributed by atoms with E-state index in [9.17, 15) is 19.2 Å². The Morgan fingerprint density at radius 1 is 0.889 bits per heavy atom. The molecular weight excluding hydrogens is 462 g/mol. The minimum absolute atomic E-state index is 0.173. The molecule has 184 valence electrons. The van der Waals surface area contributed by atoms with Gasteiger partial charge in [0.05, 0.1) is 26.3 Å². The number of ether oxygens (including phenoxy) is 2. The van der Waals surface area contributed by atoms with Crippen molar-refractivity contribution in [3.05, 3.63) is 89.5 Å². The number of anilines is 1. The second-order valence-electron chi connectivity index (χ2n) is 8.18. The molecule has 4 rings (SSSR count). The summed E-state index contributed by atoms with van der Waals surface area (Å²) < 4.78 is 10.5. The molecule has 0 spiro atoms. The Morgan fingerprint density at radius 3 is 2.28 bits per heavy atom. The highest BCUT2D eigenvalue weighted by molar-refractivity contribution is 6.23. The molecule has 0 aromatic heterocycles. The monoisotopic (exact) mass is 487 g/mol. The zero-order chi connectivity index (χ0) is 25.8. The molecule has 1 aliphatic heterocycles. The lowest BCUT2D eigenvalue weighted by molar-refractivity contribution is -0.122. The Morgan fingerprint density at radius 2 is 1.61 bits per heavy atom. The molecule has 3 aromatic carbocycles. The lowest BCUT2D eigenvalue weighted by Gasteiger charge is -2.28. The molecule has 0 bridgehead atoms. The van der Waals surface area contributed by atoms with Gasteiger partial charge >= 0.3 is 0 Å². The maximum Gasteiger partial charge on any atom is 0.273 e. The number of hydrazine groups is 1. The Balaban J connectivity index is 1.69. The van der Waals surface area contributed by atoms with Crippen LogP contribution >= 0.6 is 0 Å². The largest absolute Gasteiger partial charge is 0.493 e. The molecule has 1 saturated heterocycles. The number of carbonyl (C=O) groups is 4. The van der Waals surface area contributed by atoms with E-state index in [1.165, 1.54) is 26.4 Å². The molecule has 0 radical (unpaired) electrons. The number of rotatable bonds is 6. The number of benzene rings is 3. The Kier molecular flexibility index (Phi) is 7.00. The number of carbonyl (C=O) groups excluding carboxylic acids is 4. The van der Waals surface area contributed by atoms with E-state index in [2.05, 4.69) is 5.43 Å². The Labute approximate surface area is 208 Å². The maximum atomic E-state index is 13.6. The van der Waals surface area contributed by atoms with E-state index in [-0.39, 0.29) is 17.5 Å². The normalized spacial score (nSPS) is 15.0. The third kappa shape index (κ3) is 4.76. The van der Waals surface area contributed by atoms with Gasteiger partial charge in [-0.1, -0.05) is 35.9 Å². The van der Waals surface area contributed by atoms with Crippen molar-refractivity contribution in [2.45, 2.75) is 19.4 Å². The van der Waals surface area contributed by atoms with Crippen LogP contribution in [0, 0.1) is 6.92 Å². The molecule has 0 saturated carbocycles. The Bertz CT molecular complexity index is 1320. The van der Waals surface area contributed by atoms with Crippen LogP contribution in [0.25, 0.3) is 0 Å². The van der Waals surface area contributed by atoms with Gasteiger partial charge in [-0.15, -0.1) is 0 Å². The van der Waals surface area contributed by atoms with Crippen LogP contribution in [0.3, 0.4) is 0 Å². The first-order valence-electron chi connectivity index (χ1n) is 11.2. The zero-order valence-electron chi connectivity index (χ0n) is 20.1. The second kappa shape index (κ2) is 10.3. The van der Waals surface area contributed by atoms with Crippen molar-refractivity contribution in [3.63, 3.8) is 0 Å². The quantitative estimate of drug-likeness (QED) is 0.423. The average molecular weight is 488 g/mol. The van der Waals surface area contributed by atoms with E-state index in [1.807, 2.05) is 13.0 Å². The summed E-state index contributed by atoms with van der Waals surface area (Å²) in [5, 5.41) is 0.941. The van der Waals surface area contributed by atoms with E-state index in [4.69, 9.17) is 9.47 Å². The highest BCUT2D eigenvalue weighted by atomic mass is 16.5. The Hall–Kier alpha value is -4.66. The summed E-state index contributed by atoms with van der Waals surface area (Å²) in [6.45, 7) is 1.82. The summed E-state index contributed by atoms with van der Waals surface area (Å²) in [6, 6.07) is 18.5. The van der Waals surface area contributed by atoms with Crippen molar-refractivity contribution in [3.8, 4) is 11.5 Å². The summed E-state index contributed by atoms with van der Waals surface area (Å²) in [5.74, 6) is -1.61. The number of nitrogens with zero attached hydrogens (tertiary/aromatic N) is 2. The van der Waals surface area contributed by atoms with Crippen molar-refractivity contribution in [1.82, 2.24) is 10.4 Å². The molecule has 1 heterocycles. The summed E-state index contributed by atoms with van der Waals surface area (Å²) in [6.07, 6.45) is -0.280. The van der Waals surface area contributed by atoms with Crippen molar-refractivity contribution < 1.29 is 28.7 Å². The smallest absolute Gasteiger partial charge is 0.273 e. The van der Waals surface area contributed by atoms with E-state index in [1.54, 1.807) is 54.6 Å². The molecule has 9 heteroatoms. The topological polar surface area (TPSA) is 105 Å². The maximum absolute atomic E-state index is 13.6. The molecule has 3 aromatic rings. The SMILES string of the molecule is COc1ccc(C(=O)NN(C(=O)c2cccc(C)c2)C2CC(=O)N(c3ccccc3)C2=O)cc1OC. The number of methoxy groups -OCH3 is 2. The van der Waals surface area contributed by atoms with Gasteiger partial charge in [0.2, 0.25) is 5.91 Å². The van der Waals surface area contributed by atoms with Gasteiger partial charge in [0.25, 0.3) is 17.7 Å². The summed E-state index contributed by atoms with van der Waals surface area (Å²) in [5.41, 5.74) is 4.21. The van der Waals surface area contributed by atoms with Crippen LogP contribution < -0.4 is 19.8 Å². The molecule has 1 N–H and O–H groups in total. The van der Waals surface area contributed by atoms with Crippen molar-refractivity contribution in [1.29, 1.82) is 0 Å². The van der Waals surface area contributed by atoms with Gasteiger partial charge in [0.15, 0.2) is 11.5 Å². The molecule has 36 heavy (non-hydrogen) atoms. The van der Waals surface area contributed by atoms with Crippen LogP contribution in [0.4, 0.5) is 5.69 Å². The van der Waals surface area contributed by atoms with Gasteiger partial charge in [0.1, 0.15) is 6.04 Å². The lowest BCUT2D eigenvalue weighted by atomic mass is 10.1. The van der Waals surface area contributed by atoms with E-state index in [0.717, 1.165) is 15.5 Å². The minimum atomic E-state index is -1.23. The summed E-state index contributed by atoms with van der Waals surface area (Å²) in [4.78, 5) is 54.0. The number of imide groups is 1. The van der Waals surface area contributed by atoms with Gasteiger partial charge in [-0.05, 0) is 49.4 Å². The molecule has 1 atom stereocenters. The number of para-hydroxylation sites is 1. The fourth-order valence-corrected chi connectivity index (χ4v) is 4.00. The van der Waals surface area contributed by atoms with Crippen LogP contribution in [-0.2, 0) is 9.59 Å². The fourth-order valence-electron chi connectivity index (χ4n) is 4.00. The van der Waals surface area contributed by atoms with Crippen molar-refractivity contribution in [2.24, 2.45) is 0 Å². The van der Waals surface area contributed by atoms with Crippen LogP contribution in [0.1, 0.15) is 32.7 Å². The molecule has 1 aliphatic rings. The number of nitrogens with one attached hydrogen (secondary N) is 1. The summed E-state index contributed by atoms with van der Waals surface area (Å²) in [7, 11) is 2.91. The van der Waals surface area contributed by atoms with Crippen molar-refractivity contribution in [2.75, 3.05) is 19.1 Å². The number of aryl methyl sites for hydroxylation is 1. The van der Waals surface area contributed by atoms with E-state index < -0.39 is 29.7 Å². The van der Waals surface area contributed by atoms with Gasteiger partial charge in [-0.25, -0.2) is 9.91 Å². The van der Waals surface area contributed by atoms with Gasteiger partial charge in [0, 0.05) is 11.1 Å². The first kappa shape index (κ1) is 24.5. The third-order valence-electron chi connectivity index (χ3n) is 5.80. The molecule has 1 fully saturated rings. The highest BCUT2D eigenvalue weighted by Gasteiger charge is 2.45. The minimum Gasteiger partial charge on any atom is -0.493 e. The molecule has 0 aliphatic carbocycles. The predicted octanol–water partition coefficient (Wildman–Crippen LogP) is 3.13. The van der Waals surface area contributed by atoms with E-state index >= 15 is 0 Å². The number of hydrogen-bond acceptors (Lipinski definition) is 6. The fraction of sp³-hybridized carbons (Fsp3) is 0.185. The van der Waals surface area contributed by atoms with Crippen LogP contribution in [0.15, 0.2) is 72.8 Å². The standard InChI is InChI=1S/C27H25N3O6/c1-17-8-7-9-19(14-17)26(33)30(28-25(32)18-12-13-22(35-2)23(15-18)36-3)21-16-24(31)29(27(21)34)20-10-5-4-6-11-20/h4-15,21H,16H2,1-3H3,(H,28,32). The van der Waals surface area contributed by atoms with Gasteiger partial charge in [-0.3, -0.25) is 24.6 Å². The van der Waals surface area contributed by atoms with Crippen LogP contribution in [0.5, 0.6) is 11.5 Å². The lowest BCUT2D eigenvalue weighted by Crippen LogP contribution is -2.54. The first-order valence-corrected chi connectivity index (χ1v) is 11.2. The molecule has 4 amide bonds. The molecule has 1 unspecified atom stereocenters. The highest BCUT2D eigenvalue weighted by Crippen LogP contribution is 2.29. The molecule has 9 nitrogen and oxygen atoms in total. The summed E-state index contributed by atoms with van der Waals surface area (Å²) >= 11 is 0. The number of amides is 4. The van der Waals surface area contributed by atoms with Gasteiger partial charge in [-0.2, -0.15) is 0 Å². The number of hydrogen-bond donors (Lipinski definition) is 1.